The van der Waals surface area contributed by atoms with E-state index in [1.165, 1.54) is 12.1 Å². The molecule has 6 heteroatoms. The van der Waals surface area contributed by atoms with E-state index in [0.717, 1.165) is 12.8 Å². The molecule has 0 aromatic carbocycles. The summed E-state index contributed by atoms with van der Waals surface area (Å²) >= 11 is 0. The van der Waals surface area contributed by atoms with Crippen LogP contribution in [0.25, 0.3) is 0 Å². The van der Waals surface area contributed by atoms with E-state index in [4.69, 9.17) is 10.2 Å². The lowest BCUT2D eigenvalue weighted by atomic mass is 9.97. The van der Waals surface area contributed by atoms with Gasteiger partial charge in [-0.3, -0.25) is 0 Å². The Kier molecular flexibility index (Phi) is 3.76. The van der Waals surface area contributed by atoms with Crippen molar-refractivity contribution in [1.82, 2.24) is 4.98 Å². The molecule has 2 heterocycles. The zero-order valence-electron chi connectivity index (χ0n) is 9.84. The highest BCUT2D eigenvalue weighted by Crippen LogP contribution is 2.24. The second-order valence-corrected chi connectivity index (χ2v) is 4.42. The number of aromatic nitrogens is 1. The van der Waals surface area contributed by atoms with Crippen LogP contribution >= 0.6 is 0 Å². The van der Waals surface area contributed by atoms with Crippen molar-refractivity contribution < 1.29 is 19.4 Å². The average Bonchev–Trinajstić information content (AvgIpc) is 2.38. The lowest BCUT2D eigenvalue weighted by Gasteiger charge is -2.32. The molecule has 0 radical (unpaired) electrons. The number of aromatic carboxylic acids is 1. The Hall–Kier alpha value is -1.69. The topological polar surface area (TPSA) is 73.7 Å². The number of rotatable bonds is 3. The molecule has 1 saturated heterocycles. The van der Waals surface area contributed by atoms with Gasteiger partial charge in [0.25, 0.3) is 0 Å². The monoisotopic (exact) mass is 254 g/mol. The van der Waals surface area contributed by atoms with Crippen molar-refractivity contribution >= 4 is 11.7 Å². The maximum Gasteiger partial charge on any atom is 0.354 e. The van der Waals surface area contributed by atoms with Crippen molar-refractivity contribution in [2.75, 3.05) is 24.6 Å². The Morgan fingerprint density at radius 1 is 1.44 bits per heavy atom. The third-order valence-corrected chi connectivity index (χ3v) is 3.26. The van der Waals surface area contributed by atoms with Crippen LogP contribution in [-0.2, 0) is 0 Å². The summed E-state index contributed by atoms with van der Waals surface area (Å²) in [6.07, 6.45) is 1.60. The molecule has 1 aliphatic heterocycles. The number of nitrogens with zero attached hydrogens (tertiary/aromatic N) is 2. The Bertz CT molecular complexity index is 445. The lowest BCUT2D eigenvalue weighted by molar-refractivity contribution is 0.0689. The van der Waals surface area contributed by atoms with Crippen molar-refractivity contribution in [3.8, 4) is 0 Å². The van der Waals surface area contributed by atoms with E-state index >= 15 is 0 Å². The first-order valence-electron chi connectivity index (χ1n) is 5.87. The molecule has 5 nitrogen and oxygen atoms in total. The van der Waals surface area contributed by atoms with Gasteiger partial charge >= 0.3 is 5.97 Å². The summed E-state index contributed by atoms with van der Waals surface area (Å²) in [6, 6.07) is 2.75. The van der Waals surface area contributed by atoms with Crippen LogP contribution in [0.3, 0.4) is 0 Å². The maximum absolute atomic E-state index is 13.7. The summed E-state index contributed by atoms with van der Waals surface area (Å²) in [7, 11) is 0. The smallest absolute Gasteiger partial charge is 0.354 e. The van der Waals surface area contributed by atoms with Crippen molar-refractivity contribution in [2.45, 2.75) is 12.8 Å². The SMILES string of the molecule is O=C(O)c1ccc(N2CCC(CO)CC2)c(F)n1. The number of carbonyl (C=O) groups is 1. The van der Waals surface area contributed by atoms with Crippen molar-refractivity contribution in [3.05, 3.63) is 23.8 Å². The van der Waals surface area contributed by atoms with Gasteiger partial charge in [0.05, 0.1) is 5.69 Å². The minimum Gasteiger partial charge on any atom is -0.477 e. The van der Waals surface area contributed by atoms with Gasteiger partial charge in [-0.05, 0) is 30.9 Å². The molecule has 1 aromatic heterocycles. The third kappa shape index (κ3) is 2.59. The molecule has 1 aliphatic rings. The fourth-order valence-electron chi connectivity index (χ4n) is 2.14. The van der Waals surface area contributed by atoms with Crippen LogP contribution in [0.5, 0.6) is 0 Å². The molecule has 18 heavy (non-hydrogen) atoms. The Morgan fingerprint density at radius 2 is 2.11 bits per heavy atom. The highest BCUT2D eigenvalue weighted by atomic mass is 19.1. The maximum atomic E-state index is 13.7. The minimum atomic E-state index is -1.24. The van der Waals surface area contributed by atoms with Crippen molar-refractivity contribution in [3.63, 3.8) is 0 Å². The van der Waals surface area contributed by atoms with Gasteiger partial charge in [-0.15, -0.1) is 0 Å². The Balaban J connectivity index is 2.12. The molecule has 2 N–H and O–H groups in total. The molecule has 0 saturated carbocycles. The van der Waals surface area contributed by atoms with E-state index in [1.807, 2.05) is 4.90 Å². The summed E-state index contributed by atoms with van der Waals surface area (Å²) < 4.78 is 13.7. The molecule has 1 fully saturated rings. The molecule has 0 atom stereocenters. The van der Waals surface area contributed by atoms with Gasteiger partial charge in [0.1, 0.15) is 0 Å². The van der Waals surface area contributed by atoms with E-state index in [-0.39, 0.29) is 18.2 Å². The number of anilines is 1. The van der Waals surface area contributed by atoms with Gasteiger partial charge in [-0.25, -0.2) is 9.78 Å². The predicted molar refractivity (Wildman–Crippen MR) is 63.2 cm³/mol. The number of aliphatic hydroxyl groups is 1. The van der Waals surface area contributed by atoms with E-state index in [2.05, 4.69) is 4.98 Å². The van der Waals surface area contributed by atoms with Gasteiger partial charge in [0, 0.05) is 19.7 Å². The Labute approximate surface area is 104 Å². The van der Waals surface area contributed by atoms with Crippen LogP contribution in [0, 0.1) is 11.9 Å². The summed E-state index contributed by atoms with van der Waals surface area (Å²) in [6.45, 7) is 1.46. The quantitative estimate of drug-likeness (QED) is 0.791. The van der Waals surface area contributed by atoms with E-state index < -0.39 is 11.9 Å². The molecule has 0 amide bonds. The first-order valence-corrected chi connectivity index (χ1v) is 5.87. The number of pyridine rings is 1. The highest BCUT2D eigenvalue weighted by Gasteiger charge is 2.22. The van der Waals surface area contributed by atoms with Crippen LogP contribution in [0.4, 0.5) is 10.1 Å². The molecular weight excluding hydrogens is 239 g/mol. The summed E-state index contributed by atoms with van der Waals surface area (Å²) in [5.74, 6) is -1.72. The zero-order valence-corrected chi connectivity index (χ0v) is 9.84. The fourth-order valence-corrected chi connectivity index (χ4v) is 2.14. The second-order valence-electron chi connectivity index (χ2n) is 4.42. The number of carboxylic acids is 1. The van der Waals surface area contributed by atoms with Gasteiger partial charge in [-0.2, -0.15) is 4.39 Å². The fraction of sp³-hybridized carbons (Fsp3) is 0.500. The summed E-state index contributed by atoms with van der Waals surface area (Å²) in [5, 5.41) is 17.7. The van der Waals surface area contributed by atoms with Gasteiger partial charge in [0.2, 0.25) is 5.95 Å². The van der Waals surface area contributed by atoms with Gasteiger partial charge in [-0.1, -0.05) is 0 Å². The highest BCUT2D eigenvalue weighted by molar-refractivity contribution is 5.85. The van der Waals surface area contributed by atoms with Crippen LogP contribution in [0.1, 0.15) is 23.3 Å². The molecule has 98 valence electrons. The number of hydrogen-bond donors (Lipinski definition) is 2. The molecular formula is C12H15FN2O3. The number of hydrogen-bond acceptors (Lipinski definition) is 4. The standard InChI is InChI=1S/C12H15FN2O3/c13-11-10(2-1-9(14-11)12(17)18)15-5-3-8(7-16)4-6-15/h1-2,8,16H,3-7H2,(H,17,18). The molecule has 2 rings (SSSR count). The summed E-state index contributed by atoms with van der Waals surface area (Å²) in [4.78, 5) is 15.9. The largest absolute Gasteiger partial charge is 0.477 e. The van der Waals surface area contributed by atoms with E-state index in [0.29, 0.717) is 18.8 Å². The van der Waals surface area contributed by atoms with Crippen LogP contribution in [0.2, 0.25) is 0 Å². The second kappa shape index (κ2) is 5.30. The van der Waals surface area contributed by atoms with Gasteiger partial charge < -0.3 is 15.1 Å². The molecule has 0 aliphatic carbocycles. The average molecular weight is 254 g/mol. The number of halogens is 1. The third-order valence-electron chi connectivity index (χ3n) is 3.26. The van der Waals surface area contributed by atoms with Crippen LogP contribution < -0.4 is 4.90 Å². The van der Waals surface area contributed by atoms with E-state index in [9.17, 15) is 9.18 Å². The van der Waals surface area contributed by atoms with Crippen molar-refractivity contribution in [1.29, 1.82) is 0 Å². The molecule has 1 aromatic rings. The number of carboxylic acid groups (broad SMARTS) is 1. The normalized spacial score (nSPS) is 16.9. The Morgan fingerprint density at radius 3 is 2.61 bits per heavy atom. The first-order chi connectivity index (χ1) is 8.61. The van der Waals surface area contributed by atoms with E-state index in [1.54, 1.807) is 0 Å². The predicted octanol–water partition coefficient (Wildman–Crippen LogP) is 1.13. The molecule has 0 unspecified atom stereocenters. The van der Waals surface area contributed by atoms with Crippen LogP contribution in [0.15, 0.2) is 12.1 Å². The van der Waals surface area contributed by atoms with Gasteiger partial charge in [0.15, 0.2) is 5.69 Å². The number of aliphatic hydroxyl groups excluding tert-OH is 1. The van der Waals surface area contributed by atoms with Crippen LogP contribution in [-0.4, -0.2) is 40.9 Å². The summed E-state index contributed by atoms with van der Waals surface area (Å²) in [5.41, 5.74) is 0.0397. The number of piperidine rings is 1. The zero-order chi connectivity index (χ0) is 13.1. The first kappa shape index (κ1) is 12.8. The lowest BCUT2D eigenvalue weighted by Crippen LogP contribution is -2.35. The molecule has 0 bridgehead atoms. The molecule has 0 spiro atoms. The van der Waals surface area contributed by atoms with Crippen molar-refractivity contribution in [2.24, 2.45) is 5.92 Å². The minimum absolute atomic E-state index is 0.159.